The molecule has 2 N–H and O–H groups in total. The van der Waals surface area contributed by atoms with E-state index in [0.29, 0.717) is 29.4 Å². The Hall–Kier alpha value is -3.12. The lowest BCUT2D eigenvalue weighted by Gasteiger charge is -2.39. The highest BCUT2D eigenvalue weighted by Crippen LogP contribution is 2.37. The predicted molar refractivity (Wildman–Crippen MR) is 146 cm³/mol. The normalized spacial score (nSPS) is 22.9. The third-order valence-electron chi connectivity index (χ3n) is 8.08. The molecule has 8 heteroatoms. The van der Waals surface area contributed by atoms with Gasteiger partial charge in [0.15, 0.2) is 0 Å². The summed E-state index contributed by atoms with van der Waals surface area (Å²) >= 11 is 1.60. The van der Waals surface area contributed by atoms with Crippen molar-refractivity contribution in [2.45, 2.75) is 61.7 Å². The first-order valence-electron chi connectivity index (χ1n) is 13.0. The SMILES string of the molecule is COc1ccc2ncc(C#N)c(CCN3C4CCC3CC(NCc3ccc5c(c3)NC(=O)CS5)C4)c2c1. The van der Waals surface area contributed by atoms with E-state index in [2.05, 4.69) is 44.8 Å². The van der Waals surface area contributed by atoms with Gasteiger partial charge in [-0.2, -0.15) is 5.26 Å². The average Bonchev–Trinajstić information content (AvgIpc) is 3.16. The first-order chi connectivity index (χ1) is 18.1. The number of rotatable bonds is 7. The maximum absolute atomic E-state index is 11.7. The van der Waals surface area contributed by atoms with Crippen molar-refractivity contribution in [1.29, 1.82) is 5.26 Å². The number of piperidine rings is 1. The van der Waals surface area contributed by atoms with E-state index in [9.17, 15) is 10.1 Å². The Bertz CT molecular complexity index is 1370. The van der Waals surface area contributed by atoms with E-state index in [-0.39, 0.29) is 5.91 Å². The summed E-state index contributed by atoms with van der Waals surface area (Å²) in [4.78, 5) is 20.1. The fourth-order valence-corrected chi connectivity index (χ4v) is 7.06. The molecule has 2 atom stereocenters. The van der Waals surface area contributed by atoms with E-state index in [1.165, 1.54) is 18.4 Å². The number of aromatic nitrogens is 1. The minimum absolute atomic E-state index is 0.0762. The number of hydrogen-bond acceptors (Lipinski definition) is 7. The molecule has 2 fully saturated rings. The van der Waals surface area contributed by atoms with Gasteiger partial charge in [-0.15, -0.1) is 11.8 Å². The molecule has 37 heavy (non-hydrogen) atoms. The molecule has 2 aromatic carbocycles. The van der Waals surface area contributed by atoms with Crippen molar-refractivity contribution in [3.05, 3.63) is 59.3 Å². The number of carbonyl (C=O) groups excluding carboxylic acids is 1. The number of nitrogens with zero attached hydrogens (tertiary/aromatic N) is 3. The number of ether oxygens (including phenoxy) is 1. The van der Waals surface area contributed by atoms with Crippen molar-refractivity contribution in [3.63, 3.8) is 0 Å². The fraction of sp³-hybridized carbons (Fsp3) is 0.414. The number of hydrogen-bond donors (Lipinski definition) is 2. The van der Waals surface area contributed by atoms with E-state index in [1.54, 1.807) is 25.1 Å². The molecule has 3 aliphatic rings. The maximum Gasteiger partial charge on any atom is 0.234 e. The second-order valence-corrected chi connectivity index (χ2v) is 11.3. The molecule has 0 radical (unpaired) electrons. The number of nitriles is 1. The molecular weight excluding hydrogens is 482 g/mol. The van der Waals surface area contributed by atoms with Gasteiger partial charge in [0.25, 0.3) is 0 Å². The maximum atomic E-state index is 11.7. The van der Waals surface area contributed by atoms with Crippen LogP contribution in [0.5, 0.6) is 5.75 Å². The van der Waals surface area contributed by atoms with Crippen molar-refractivity contribution < 1.29 is 9.53 Å². The summed E-state index contributed by atoms with van der Waals surface area (Å²) in [5.41, 5.74) is 4.78. The number of benzene rings is 2. The smallest absolute Gasteiger partial charge is 0.234 e. The van der Waals surface area contributed by atoms with Crippen molar-refractivity contribution in [2.24, 2.45) is 0 Å². The second-order valence-electron chi connectivity index (χ2n) is 10.2. The Kier molecular flexibility index (Phi) is 6.76. The summed E-state index contributed by atoms with van der Waals surface area (Å²) in [7, 11) is 1.67. The zero-order chi connectivity index (χ0) is 25.4. The molecule has 190 valence electrons. The summed E-state index contributed by atoms with van der Waals surface area (Å²) in [6.45, 7) is 1.77. The minimum atomic E-state index is 0.0762. The van der Waals surface area contributed by atoms with Gasteiger partial charge in [-0.1, -0.05) is 6.07 Å². The van der Waals surface area contributed by atoms with Crippen LogP contribution in [0.3, 0.4) is 0 Å². The molecular formula is C29H31N5O2S. The number of fused-ring (bicyclic) bond motifs is 4. The van der Waals surface area contributed by atoms with Crippen LogP contribution in [0.2, 0.25) is 0 Å². The standard InChI is InChI=1S/C29H31N5O2S/c1-36-23-5-6-26-25(13-23)24(19(14-30)16-32-26)8-9-34-21-3-4-22(34)12-20(11-21)31-15-18-2-7-28-27(10-18)33-29(35)17-37-28/h2,5-7,10,13,16,20-22,31H,3-4,8-9,11-12,15,17H2,1H3,(H,33,35). The van der Waals surface area contributed by atoms with Crippen LogP contribution in [0.4, 0.5) is 5.69 Å². The molecule has 7 nitrogen and oxygen atoms in total. The molecule has 3 aromatic rings. The summed E-state index contributed by atoms with van der Waals surface area (Å²) in [6, 6.07) is 16.3. The molecule has 2 bridgehead atoms. The molecule has 0 saturated carbocycles. The van der Waals surface area contributed by atoms with Crippen LogP contribution in [-0.2, 0) is 17.8 Å². The molecule has 2 saturated heterocycles. The zero-order valence-electron chi connectivity index (χ0n) is 21.0. The lowest BCUT2D eigenvalue weighted by atomic mass is 9.95. The first-order valence-corrected chi connectivity index (χ1v) is 14.0. The molecule has 0 spiro atoms. The van der Waals surface area contributed by atoms with Crippen LogP contribution in [0.1, 0.15) is 42.4 Å². The highest BCUT2D eigenvalue weighted by molar-refractivity contribution is 8.00. The molecule has 1 aromatic heterocycles. The summed E-state index contributed by atoms with van der Waals surface area (Å²) in [5, 5.41) is 17.6. The lowest BCUT2D eigenvalue weighted by molar-refractivity contribution is -0.113. The molecule has 6 rings (SSSR count). The van der Waals surface area contributed by atoms with Crippen LogP contribution in [-0.4, -0.2) is 53.3 Å². The van der Waals surface area contributed by atoms with E-state index in [0.717, 1.165) is 65.2 Å². The highest BCUT2D eigenvalue weighted by atomic mass is 32.2. The lowest BCUT2D eigenvalue weighted by Crippen LogP contribution is -2.49. The molecule has 2 unspecified atom stereocenters. The Morgan fingerprint density at radius 1 is 1.22 bits per heavy atom. The summed E-state index contributed by atoms with van der Waals surface area (Å²) < 4.78 is 5.44. The Morgan fingerprint density at radius 3 is 2.84 bits per heavy atom. The number of amides is 1. The molecule has 4 heterocycles. The average molecular weight is 514 g/mol. The largest absolute Gasteiger partial charge is 0.497 e. The van der Waals surface area contributed by atoms with Crippen molar-refractivity contribution in [2.75, 3.05) is 24.7 Å². The Morgan fingerprint density at radius 2 is 2.05 bits per heavy atom. The van der Waals surface area contributed by atoms with Gasteiger partial charge in [-0.3, -0.25) is 14.7 Å². The minimum Gasteiger partial charge on any atom is -0.497 e. The van der Waals surface area contributed by atoms with Crippen LogP contribution < -0.4 is 15.4 Å². The highest BCUT2D eigenvalue weighted by Gasteiger charge is 2.40. The van der Waals surface area contributed by atoms with E-state index in [4.69, 9.17) is 4.74 Å². The van der Waals surface area contributed by atoms with Gasteiger partial charge >= 0.3 is 0 Å². The van der Waals surface area contributed by atoms with Crippen molar-refractivity contribution in [1.82, 2.24) is 15.2 Å². The number of methoxy groups -OCH3 is 1. The Balaban J connectivity index is 1.10. The van der Waals surface area contributed by atoms with Gasteiger partial charge in [0.2, 0.25) is 5.91 Å². The van der Waals surface area contributed by atoms with Crippen molar-refractivity contribution in [3.8, 4) is 11.8 Å². The fourth-order valence-electron chi connectivity index (χ4n) is 6.27. The van der Waals surface area contributed by atoms with Crippen LogP contribution in [0.25, 0.3) is 10.9 Å². The van der Waals surface area contributed by atoms with Gasteiger partial charge in [0.1, 0.15) is 11.8 Å². The number of nitrogens with one attached hydrogen (secondary N) is 2. The predicted octanol–water partition coefficient (Wildman–Crippen LogP) is 4.49. The van der Waals surface area contributed by atoms with Crippen molar-refractivity contribution >= 4 is 34.3 Å². The summed E-state index contributed by atoms with van der Waals surface area (Å²) in [6.07, 6.45) is 7.30. The zero-order valence-corrected chi connectivity index (χ0v) is 21.8. The number of anilines is 1. The third kappa shape index (κ3) is 4.91. The molecule has 1 amide bonds. The van der Waals surface area contributed by atoms with Crippen LogP contribution >= 0.6 is 11.8 Å². The van der Waals surface area contributed by atoms with Gasteiger partial charge in [-0.25, -0.2) is 0 Å². The van der Waals surface area contributed by atoms with E-state index < -0.39 is 0 Å². The quantitative estimate of drug-likeness (QED) is 0.481. The number of thioether (sulfide) groups is 1. The number of carbonyl (C=O) groups is 1. The molecule has 0 aliphatic carbocycles. The van der Waals surface area contributed by atoms with Gasteiger partial charge in [0.05, 0.1) is 29.6 Å². The molecule has 3 aliphatic heterocycles. The van der Waals surface area contributed by atoms with Crippen LogP contribution in [0, 0.1) is 11.3 Å². The van der Waals surface area contributed by atoms with Gasteiger partial charge in [0, 0.05) is 47.7 Å². The van der Waals surface area contributed by atoms with Crippen LogP contribution in [0.15, 0.2) is 47.5 Å². The topological polar surface area (TPSA) is 90.3 Å². The number of pyridine rings is 1. The van der Waals surface area contributed by atoms with E-state index >= 15 is 0 Å². The third-order valence-corrected chi connectivity index (χ3v) is 9.16. The monoisotopic (exact) mass is 513 g/mol. The Labute approximate surface area is 221 Å². The van der Waals surface area contributed by atoms with Gasteiger partial charge < -0.3 is 15.4 Å². The first kappa shape index (κ1) is 24.2. The summed E-state index contributed by atoms with van der Waals surface area (Å²) in [5.74, 6) is 1.36. The van der Waals surface area contributed by atoms with E-state index in [1.807, 2.05) is 18.2 Å². The van der Waals surface area contributed by atoms with Gasteiger partial charge in [-0.05, 0) is 73.6 Å². The second kappa shape index (κ2) is 10.3.